The third-order valence-electron chi connectivity index (χ3n) is 4.33. The maximum Gasteiger partial charge on any atom is 0.338 e. The first-order valence-corrected chi connectivity index (χ1v) is 9.00. The highest BCUT2D eigenvalue weighted by Gasteiger charge is 2.29. The van der Waals surface area contributed by atoms with Gasteiger partial charge in [-0.1, -0.05) is 0 Å². The maximum atomic E-state index is 12.2. The van der Waals surface area contributed by atoms with Gasteiger partial charge in [-0.25, -0.2) is 4.79 Å². The van der Waals surface area contributed by atoms with Crippen molar-refractivity contribution >= 4 is 34.8 Å². The van der Waals surface area contributed by atoms with Crippen LogP contribution in [0.2, 0.25) is 0 Å². The lowest BCUT2D eigenvalue weighted by atomic mass is 10.2. The van der Waals surface area contributed by atoms with Crippen molar-refractivity contribution in [2.24, 2.45) is 5.92 Å². The highest BCUT2D eigenvalue weighted by molar-refractivity contribution is 5.98. The Bertz CT molecular complexity index is 936. The fourth-order valence-electron chi connectivity index (χ4n) is 2.47. The van der Waals surface area contributed by atoms with Crippen molar-refractivity contribution in [3.8, 4) is 0 Å². The van der Waals surface area contributed by atoms with E-state index in [0.29, 0.717) is 11.4 Å². The molecule has 3 rings (SSSR count). The zero-order valence-electron chi connectivity index (χ0n) is 15.6. The highest BCUT2D eigenvalue weighted by atomic mass is 16.6. The molecular formula is C20H19N3O6. The average Bonchev–Trinajstić information content (AvgIpc) is 3.54. The first kappa shape index (κ1) is 20.0. The molecule has 0 saturated heterocycles. The average molecular weight is 397 g/mol. The molecule has 1 unspecified atom stereocenters. The van der Waals surface area contributed by atoms with Gasteiger partial charge in [-0.05, 0) is 56.2 Å². The fraction of sp³-hybridized carbons (Fsp3) is 0.250. The number of nitrogens with one attached hydrogen (secondary N) is 2. The Balaban J connectivity index is 1.52. The van der Waals surface area contributed by atoms with Gasteiger partial charge in [-0.15, -0.1) is 0 Å². The Morgan fingerprint density at radius 3 is 2.10 bits per heavy atom. The second-order valence-corrected chi connectivity index (χ2v) is 6.68. The van der Waals surface area contributed by atoms with Crippen molar-refractivity contribution in [3.63, 3.8) is 0 Å². The lowest BCUT2D eigenvalue weighted by molar-refractivity contribution is -0.384. The second kappa shape index (κ2) is 8.51. The summed E-state index contributed by atoms with van der Waals surface area (Å²) >= 11 is 0. The van der Waals surface area contributed by atoms with Crippen molar-refractivity contribution in [2.45, 2.75) is 25.9 Å². The van der Waals surface area contributed by atoms with Gasteiger partial charge in [0, 0.05) is 29.4 Å². The minimum absolute atomic E-state index is 0.0307. The minimum Gasteiger partial charge on any atom is -0.449 e. The largest absolute Gasteiger partial charge is 0.449 e. The van der Waals surface area contributed by atoms with Crippen LogP contribution in [-0.2, 0) is 14.3 Å². The highest BCUT2D eigenvalue weighted by Crippen LogP contribution is 2.30. The summed E-state index contributed by atoms with van der Waals surface area (Å²) in [5.74, 6) is -1.21. The van der Waals surface area contributed by atoms with Gasteiger partial charge < -0.3 is 15.4 Å². The van der Waals surface area contributed by atoms with Gasteiger partial charge in [0.2, 0.25) is 5.91 Å². The van der Waals surface area contributed by atoms with Crippen molar-refractivity contribution in [1.29, 1.82) is 0 Å². The number of nitrogens with zero attached hydrogens (tertiary/aromatic N) is 1. The van der Waals surface area contributed by atoms with Gasteiger partial charge in [0.15, 0.2) is 6.10 Å². The summed E-state index contributed by atoms with van der Waals surface area (Å²) in [4.78, 5) is 46.2. The lowest BCUT2D eigenvalue weighted by Gasteiger charge is -2.14. The number of amides is 2. The van der Waals surface area contributed by atoms with Crippen LogP contribution in [0.4, 0.5) is 17.1 Å². The van der Waals surface area contributed by atoms with E-state index in [1.54, 1.807) is 12.1 Å². The third-order valence-corrected chi connectivity index (χ3v) is 4.33. The molecule has 1 atom stereocenters. The molecule has 2 aromatic rings. The van der Waals surface area contributed by atoms with Gasteiger partial charge in [0.25, 0.3) is 11.6 Å². The van der Waals surface area contributed by atoms with Gasteiger partial charge in [-0.2, -0.15) is 0 Å². The number of hydrogen-bond donors (Lipinski definition) is 2. The molecule has 2 aromatic carbocycles. The number of benzene rings is 2. The first-order valence-electron chi connectivity index (χ1n) is 9.00. The van der Waals surface area contributed by atoms with E-state index in [0.717, 1.165) is 12.8 Å². The number of rotatable bonds is 7. The van der Waals surface area contributed by atoms with Crippen LogP contribution in [-0.4, -0.2) is 28.8 Å². The maximum absolute atomic E-state index is 12.2. The van der Waals surface area contributed by atoms with Crippen LogP contribution >= 0.6 is 0 Å². The SMILES string of the molecule is CC(OC(=O)c1ccc(NC(=O)C2CC2)cc1)C(=O)Nc1ccc([N+](=O)[O-])cc1. The monoisotopic (exact) mass is 397 g/mol. The van der Waals surface area contributed by atoms with E-state index in [9.17, 15) is 24.5 Å². The molecular weight excluding hydrogens is 378 g/mol. The summed E-state index contributed by atoms with van der Waals surface area (Å²) in [5.41, 5.74) is 1.07. The van der Waals surface area contributed by atoms with E-state index in [4.69, 9.17) is 4.74 Å². The topological polar surface area (TPSA) is 128 Å². The molecule has 0 spiro atoms. The number of anilines is 2. The number of nitro benzene ring substituents is 1. The van der Waals surface area contributed by atoms with Crippen LogP contribution in [0.15, 0.2) is 48.5 Å². The molecule has 1 saturated carbocycles. The Kier molecular flexibility index (Phi) is 5.87. The summed E-state index contributed by atoms with van der Waals surface area (Å²) in [6.45, 7) is 1.42. The summed E-state index contributed by atoms with van der Waals surface area (Å²) in [6, 6.07) is 11.5. The zero-order valence-corrected chi connectivity index (χ0v) is 15.6. The van der Waals surface area contributed by atoms with E-state index in [-0.39, 0.29) is 23.1 Å². The van der Waals surface area contributed by atoms with E-state index in [2.05, 4.69) is 10.6 Å². The van der Waals surface area contributed by atoms with E-state index < -0.39 is 22.9 Å². The molecule has 150 valence electrons. The molecule has 0 heterocycles. The van der Waals surface area contributed by atoms with Gasteiger partial charge >= 0.3 is 5.97 Å². The standard InChI is InChI=1S/C20H19N3O6/c1-12(18(24)21-16-8-10-17(11-9-16)23(27)28)29-20(26)14-4-6-15(7-5-14)22-19(25)13-2-3-13/h4-13H,2-3H2,1H3,(H,21,24)(H,22,25). The van der Waals surface area contributed by atoms with Crippen LogP contribution in [0.1, 0.15) is 30.1 Å². The minimum atomic E-state index is -1.08. The zero-order chi connectivity index (χ0) is 21.0. The van der Waals surface area contributed by atoms with Crippen LogP contribution < -0.4 is 10.6 Å². The van der Waals surface area contributed by atoms with E-state index in [1.807, 2.05) is 0 Å². The molecule has 29 heavy (non-hydrogen) atoms. The van der Waals surface area contributed by atoms with Crippen LogP contribution in [0, 0.1) is 16.0 Å². The number of carbonyl (C=O) groups excluding carboxylic acids is 3. The van der Waals surface area contributed by atoms with E-state index in [1.165, 1.54) is 43.3 Å². The summed E-state index contributed by atoms with van der Waals surface area (Å²) in [6.07, 6.45) is 0.721. The molecule has 0 aliphatic heterocycles. The second-order valence-electron chi connectivity index (χ2n) is 6.68. The van der Waals surface area contributed by atoms with Gasteiger partial charge in [-0.3, -0.25) is 19.7 Å². The van der Waals surface area contributed by atoms with Crippen molar-refractivity contribution in [3.05, 3.63) is 64.2 Å². The van der Waals surface area contributed by atoms with Crippen molar-refractivity contribution in [2.75, 3.05) is 10.6 Å². The number of nitro groups is 1. The van der Waals surface area contributed by atoms with Gasteiger partial charge in [0.05, 0.1) is 10.5 Å². The molecule has 1 fully saturated rings. The van der Waals surface area contributed by atoms with Gasteiger partial charge in [0.1, 0.15) is 0 Å². The molecule has 9 nitrogen and oxygen atoms in total. The van der Waals surface area contributed by atoms with Crippen LogP contribution in [0.25, 0.3) is 0 Å². The summed E-state index contributed by atoms with van der Waals surface area (Å²) in [7, 11) is 0. The molecule has 0 bridgehead atoms. The Morgan fingerprint density at radius 1 is 1.00 bits per heavy atom. The number of ether oxygens (including phenoxy) is 1. The van der Waals surface area contributed by atoms with E-state index >= 15 is 0 Å². The number of esters is 1. The predicted molar refractivity (Wildman–Crippen MR) is 104 cm³/mol. The molecule has 1 aliphatic carbocycles. The number of carbonyl (C=O) groups is 3. The first-order chi connectivity index (χ1) is 13.8. The quantitative estimate of drug-likeness (QED) is 0.420. The summed E-state index contributed by atoms with van der Waals surface area (Å²) < 4.78 is 5.16. The van der Waals surface area contributed by atoms with Crippen LogP contribution in [0.3, 0.4) is 0 Å². The number of hydrogen-bond acceptors (Lipinski definition) is 6. The molecule has 2 N–H and O–H groups in total. The number of non-ortho nitro benzene ring substituents is 1. The molecule has 9 heteroatoms. The van der Waals surface area contributed by atoms with Crippen molar-refractivity contribution < 1.29 is 24.0 Å². The van der Waals surface area contributed by atoms with Crippen LogP contribution in [0.5, 0.6) is 0 Å². The Hall–Kier alpha value is -3.75. The molecule has 0 radical (unpaired) electrons. The molecule has 0 aromatic heterocycles. The molecule has 2 amide bonds. The Morgan fingerprint density at radius 2 is 1.55 bits per heavy atom. The fourth-order valence-corrected chi connectivity index (χ4v) is 2.47. The Labute approximate surface area is 166 Å². The summed E-state index contributed by atoms with van der Waals surface area (Å²) in [5, 5.41) is 15.9. The normalized spacial score (nSPS) is 13.8. The molecule has 1 aliphatic rings. The van der Waals surface area contributed by atoms with Crippen molar-refractivity contribution in [1.82, 2.24) is 0 Å². The predicted octanol–water partition coefficient (Wildman–Crippen LogP) is 3.13. The lowest BCUT2D eigenvalue weighted by Crippen LogP contribution is -2.30. The third kappa shape index (κ3) is 5.38. The smallest absolute Gasteiger partial charge is 0.338 e.